The molecule has 0 saturated carbocycles. The maximum atomic E-state index is 13.7. The Balaban J connectivity index is 1.66. The van der Waals surface area contributed by atoms with E-state index in [-0.39, 0.29) is 24.6 Å². The van der Waals surface area contributed by atoms with Crippen LogP contribution in [0.25, 0.3) is 16.9 Å². The summed E-state index contributed by atoms with van der Waals surface area (Å²) in [6.45, 7) is 5.70. The molecule has 38 heavy (non-hydrogen) atoms. The number of amides is 1. The summed E-state index contributed by atoms with van der Waals surface area (Å²) in [6.07, 6.45) is 0.644. The quantitative estimate of drug-likeness (QED) is 0.270. The summed E-state index contributed by atoms with van der Waals surface area (Å²) in [5.74, 6) is -0.289. The van der Waals surface area contributed by atoms with Gasteiger partial charge in [-0.3, -0.25) is 19.5 Å². The smallest absolute Gasteiger partial charge is 0.282 e. The summed E-state index contributed by atoms with van der Waals surface area (Å²) < 4.78 is 7.02. The monoisotopic (exact) mass is 531 g/mol. The van der Waals surface area contributed by atoms with E-state index in [0.717, 1.165) is 11.1 Å². The van der Waals surface area contributed by atoms with Crippen LogP contribution in [-0.2, 0) is 4.79 Å². The summed E-state index contributed by atoms with van der Waals surface area (Å²) in [6, 6.07) is 21.6. The Hall–Kier alpha value is -4.10. The van der Waals surface area contributed by atoms with E-state index in [1.807, 2.05) is 69.3 Å². The highest BCUT2D eigenvalue weighted by Crippen LogP contribution is 2.23. The van der Waals surface area contributed by atoms with Crippen LogP contribution in [0.15, 0.2) is 77.6 Å². The van der Waals surface area contributed by atoms with Crippen molar-refractivity contribution in [2.75, 3.05) is 19.7 Å². The number of hydrogen-bond donors (Lipinski definition) is 1. The predicted octanol–water partition coefficient (Wildman–Crippen LogP) is 5.60. The maximum Gasteiger partial charge on any atom is 0.282 e. The second-order valence-corrected chi connectivity index (χ2v) is 9.50. The molecule has 0 aliphatic rings. The average Bonchev–Trinajstić information content (AvgIpc) is 3.26. The Bertz CT molecular complexity index is 1490. The lowest BCUT2D eigenvalue weighted by Crippen LogP contribution is -2.40. The van der Waals surface area contributed by atoms with E-state index in [2.05, 4.69) is 5.10 Å². The van der Waals surface area contributed by atoms with E-state index in [0.29, 0.717) is 40.7 Å². The van der Waals surface area contributed by atoms with Crippen molar-refractivity contribution in [1.82, 2.24) is 14.7 Å². The van der Waals surface area contributed by atoms with Crippen LogP contribution in [0.1, 0.15) is 34.8 Å². The van der Waals surface area contributed by atoms with Crippen LogP contribution in [0.5, 0.6) is 5.75 Å². The van der Waals surface area contributed by atoms with Gasteiger partial charge in [-0.1, -0.05) is 61.0 Å². The van der Waals surface area contributed by atoms with E-state index < -0.39 is 11.3 Å². The number of halogens is 1. The number of aromatic nitrogens is 2. The molecule has 1 N–H and O–H groups in total. The molecule has 1 aromatic heterocycles. The highest BCUT2D eigenvalue weighted by molar-refractivity contribution is 6.30. The zero-order chi connectivity index (χ0) is 27.2. The number of aromatic amines is 1. The van der Waals surface area contributed by atoms with Crippen molar-refractivity contribution < 1.29 is 14.3 Å². The standard InChI is InChI=1S/C30H30ClN3O4/c1-4-17-33(27(36)19-38-24-15-13-23(31)14-16-24)18-26(35)28-29(22-10-6-5-7-11-22)32-34(30(28)37)25-12-8-9-20(2)21(25)3/h5-16,32H,4,17-19H2,1-3H3. The highest BCUT2D eigenvalue weighted by atomic mass is 35.5. The van der Waals surface area contributed by atoms with Crippen LogP contribution < -0.4 is 10.3 Å². The van der Waals surface area contributed by atoms with Gasteiger partial charge in [-0.2, -0.15) is 0 Å². The van der Waals surface area contributed by atoms with Gasteiger partial charge in [0.2, 0.25) is 0 Å². The fraction of sp³-hybridized carbons (Fsp3) is 0.233. The molecule has 0 unspecified atom stereocenters. The highest BCUT2D eigenvalue weighted by Gasteiger charge is 2.26. The topological polar surface area (TPSA) is 84.4 Å². The molecule has 0 aliphatic carbocycles. The number of carbonyl (C=O) groups excluding carboxylic acids is 2. The van der Waals surface area contributed by atoms with Gasteiger partial charge in [0.1, 0.15) is 11.3 Å². The molecular weight excluding hydrogens is 502 g/mol. The number of benzene rings is 3. The van der Waals surface area contributed by atoms with Gasteiger partial charge in [-0.15, -0.1) is 0 Å². The van der Waals surface area contributed by atoms with Gasteiger partial charge in [0.15, 0.2) is 12.4 Å². The van der Waals surface area contributed by atoms with Crippen molar-refractivity contribution in [3.8, 4) is 22.7 Å². The fourth-order valence-corrected chi connectivity index (χ4v) is 4.36. The number of Topliss-reactive ketones (excluding diaryl/α,β-unsaturated/α-hetero) is 1. The molecule has 0 aliphatic heterocycles. The van der Waals surface area contributed by atoms with E-state index in [1.54, 1.807) is 24.3 Å². The molecule has 4 aromatic rings. The van der Waals surface area contributed by atoms with E-state index in [4.69, 9.17) is 16.3 Å². The predicted molar refractivity (Wildman–Crippen MR) is 149 cm³/mol. The number of nitrogens with zero attached hydrogens (tertiary/aromatic N) is 2. The molecular formula is C30H30ClN3O4. The first-order valence-corrected chi connectivity index (χ1v) is 12.8. The third-order valence-corrected chi connectivity index (χ3v) is 6.66. The van der Waals surface area contributed by atoms with Crippen LogP contribution in [-0.4, -0.2) is 46.1 Å². The van der Waals surface area contributed by atoms with Crippen molar-refractivity contribution in [2.45, 2.75) is 27.2 Å². The molecule has 0 spiro atoms. The third kappa shape index (κ3) is 5.89. The number of rotatable bonds is 10. The Kier molecular flexibility index (Phi) is 8.48. The molecule has 0 saturated heterocycles. The summed E-state index contributed by atoms with van der Waals surface area (Å²) in [4.78, 5) is 41.8. The first kappa shape index (κ1) is 26.9. The third-order valence-electron chi connectivity index (χ3n) is 6.41. The first-order valence-electron chi connectivity index (χ1n) is 12.5. The molecule has 0 atom stereocenters. The van der Waals surface area contributed by atoms with Crippen LogP contribution in [0.3, 0.4) is 0 Å². The van der Waals surface area contributed by atoms with Gasteiger partial charge >= 0.3 is 0 Å². The molecule has 196 valence electrons. The van der Waals surface area contributed by atoms with Crippen molar-refractivity contribution in [3.05, 3.63) is 105 Å². The summed E-state index contributed by atoms with van der Waals surface area (Å²) in [7, 11) is 0. The number of H-pyrrole nitrogens is 1. The molecule has 1 amide bonds. The minimum Gasteiger partial charge on any atom is -0.484 e. The van der Waals surface area contributed by atoms with Crippen LogP contribution >= 0.6 is 11.6 Å². The van der Waals surface area contributed by atoms with Crippen LogP contribution in [0.4, 0.5) is 0 Å². The summed E-state index contributed by atoms with van der Waals surface area (Å²) in [5.41, 5.74) is 3.31. The van der Waals surface area contributed by atoms with Crippen LogP contribution in [0, 0.1) is 13.8 Å². The van der Waals surface area contributed by atoms with Gasteiger partial charge in [-0.05, 0) is 61.7 Å². The molecule has 1 heterocycles. The molecule has 0 bridgehead atoms. The molecule has 8 heteroatoms. The lowest BCUT2D eigenvalue weighted by molar-refractivity contribution is -0.132. The number of hydrogen-bond acceptors (Lipinski definition) is 4. The Morgan fingerprint density at radius 2 is 1.68 bits per heavy atom. The first-order chi connectivity index (χ1) is 18.3. The zero-order valence-electron chi connectivity index (χ0n) is 21.7. The number of carbonyl (C=O) groups is 2. The second kappa shape index (κ2) is 12.0. The lowest BCUT2D eigenvalue weighted by atomic mass is 10.0. The Morgan fingerprint density at radius 1 is 0.974 bits per heavy atom. The maximum absolute atomic E-state index is 13.7. The summed E-state index contributed by atoms with van der Waals surface area (Å²) in [5, 5.41) is 3.73. The minimum absolute atomic E-state index is 0.0182. The van der Waals surface area contributed by atoms with Crippen molar-refractivity contribution in [1.29, 1.82) is 0 Å². The molecule has 0 radical (unpaired) electrons. The Labute approximate surface area is 226 Å². The number of aryl methyl sites for hydroxylation is 1. The molecule has 3 aromatic carbocycles. The van der Waals surface area contributed by atoms with E-state index in [1.165, 1.54) is 9.58 Å². The molecule has 7 nitrogen and oxygen atoms in total. The minimum atomic E-state index is -0.455. The zero-order valence-corrected chi connectivity index (χ0v) is 22.4. The fourth-order valence-electron chi connectivity index (χ4n) is 4.24. The van der Waals surface area contributed by atoms with Gasteiger partial charge in [-0.25, -0.2) is 4.68 Å². The molecule has 0 fully saturated rings. The number of ketones is 1. The molecule has 4 rings (SSSR count). The van der Waals surface area contributed by atoms with Crippen LogP contribution in [0.2, 0.25) is 5.02 Å². The van der Waals surface area contributed by atoms with Gasteiger partial charge in [0.05, 0.1) is 17.9 Å². The lowest BCUT2D eigenvalue weighted by Gasteiger charge is -2.21. The second-order valence-electron chi connectivity index (χ2n) is 9.07. The van der Waals surface area contributed by atoms with Gasteiger partial charge in [0, 0.05) is 17.1 Å². The number of ether oxygens (including phenoxy) is 1. The van der Waals surface area contributed by atoms with Crippen molar-refractivity contribution in [3.63, 3.8) is 0 Å². The summed E-state index contributed by atoms with van der Waals surface area (Å²) >= 11 is 5.91. The Morgan fingerprint density at radius 3 is 2.37 bits per heavy atom. The number of nitrogens with one attached hydrogen (secondary N) is 1. The largest absolute Gasteiger partial charge is 0.484 e. The average molecular weight is 532 g/mol. The van der Waals surface area contributed by atoms with E-state index >= 15 is 0 Å². The van der Waals surface area contributed by atoms with Crippen molar-refractivity contribution >= 4 is 23.3 Å². The van der Waals surface area contributed by atoms with E-state index in [9.17, 15) is 14.4 Å². The normalized spacial score (nSPS) is 10.8. The van der Waals surface area contributed by atoms with Gasteiger partial charge < -0.3 is 9.64 Å². The van der Waals surface area contributed by atoms with Crippen molar-refractivity contribution in [2.24, 2.45) is 0 Å². The SMILES string of the molecule is CCCN(CC(=O)c1c(-c2ccccc2)[nH]n(-c2cccc(C)c2C)c1=O)C(=O)COc1ccc(Cl)cc1. The van der Waals surface area contributed by atoms with Gasteiger partial charge in [0.25, 0.3) is 11.5 Å².